The quantitative estimate of drug-likeness (QED) is 0.284. The van der Waals surface area contributed by atoms with Crippen molar-refractivity contribution < 1.29 is 13.2 Å². The van der Waals surface area contributed by atoms with Crippen molar-refractivity contribution in [3.63, 3.8) is 0 Å². The van der Waals surface area contributed by atoms with Gasteiger partial charge in [0.15, 0.2) is 22.5 Å². The monoisotopic (exact) mass is 630 g/mol. The molecule has 43 heavy (non-hydrogen) atoms. The van der Waals surface area contributed by atoms with E-state index in [9.17, 15) is 13.2 Å². The number of likely N-dealkylation sites (tertiary alicyclic amines) is 1. The van der Waals surface area contributed by atoms with Crippen molar-refractivity contribution in [1.82, 2.24) is 29.4 Å². The van der Waals surface area contributed by atoms with Crippen molar-refractivity contribution in [2.24, 2.45) is 0 Å². The van der Waals surface area contributed by atoms with Gasteiger partial charge in [-0.05, 0) is 56.5 Å². The lowest BCUT2D eigenvalue weighted by molar-refractivity contribution is 0.0610. The molecule has 0 saturated carbocycles. The summed E-state index contributed by atoms with van der Waals surface area (Å²) in [5, 5.41) is 2.79. The zero-order chi connectivity index (χ0) is 31.1. The molecule has 1 aromatic carbocycles. The van der Waals surface area contributed by atoms with Gasteiger partial charge in [0, 0.05) is 64.5 Å². The number of aromatic nitrogens is 2. The van der Waals surface area contributed by atoms with Crippen LogP contribution in [0.2, 0.25) is 5.15 Å². The van der Waals surface area contributed by atoms with Crippen LogP contribution < -0.4 is 16.0 Å². The molecule has 0 unspecified atom stereocenters. The van der Waals surface area contributed by atoms with Gasteiger partial charge in [0.25, 0.3) is 5.91 Å². The Morgan fingerprint density at radius 2 is 1.86 bits per heavy atom. The van der Waals surface area contributed by atoms with Gasteiger partial charge < -0.3 is 16.0 Å². The molecule has 2 fully saturated rings. The van der Waals surface area contributed by atoms with Gasteiger partial charge in [-0.15, -0.1) is 6.42 Å². The number of nitrogen functional groups attached to an aromatic ring is 1. The molecule has 0 radical (unpaired) electrons. The summed E-state index contributed by atoms with van der Waals surface area (Å²) in [7, 11) is -0.384. The second kappa shape index (κ2) is 14.7. The molecule has 1 atom stereocenters. The second-order valence-corrected chi connectivity index (χ2v) is 14.0. The molecular formula is C30H43ClN8O3S. The fourth-order valence-electron chi connectivity index (χ4n) is 5.79. The second-order valence-electron chi connectivity index (χ2n) is 11.4. The van der Waals surface area contributed by atoms with Crippen LogP contribution in [0.1, 0.15) is 54.2 Å². The average Bonchev–Trinajstić information content (AvgIpc) is 3.00. The molecule has 2 aliphatic heterocycles. The number of nitrogens with two attached hydrogens (primary N) is 1. The molecule has 0 aliphatic carbocycles. The van der Waals surface area contributed by atoms with E-state index >= 15 is 0 Å². The first-order valence-corrected chi connectivity index (χ1v) is 16.8. The SMILES string of the molecule is C#Cc1ccc(CN2CCC(N3CCN(c4nc(N)c(C(=O)NCCCS(=O)(=O)N(C)C)nc4Cl)C[C@@H]3CC)CC2)cc1. The van der Waals surface area contributed by atoms with Crippen LogP contribution in [0, 0.1) is 12.3 Å². The average molecular weight is 631 g/mol. The van der Waals surface area contributed by atoms with Crippen LogP contribution in [0.15, 0.2) is 24.3 Å². The van der Waals surface area contributed by atoms with E-state index in [4.69, 9.17) is 23.8 Å². The highest BCUT2D eigenvalue weighted by molar-refractivity contribution is 7.89. The molecule has 11 nitrogen and oxygen atoms in total. The molecule has 0 spiro atoms. The number of amides is 1. The maximum Gasteiger partial charge on any atom is 0.273 e. The maximum absolute atomic E-state index is 12.7. The van der Waals surface area contributed by atoms with Gasteiger partial charge >= 0.3 is 0 Å². The van der Waals surface area contributed by atoms with Gasteiger partial charge in [-0.2, -0.15) is 0 Å². The number of nitrogens with one attached hydrogen (secondary N) is 1. The minimum absolute atomic E-state index is 0.00501. The van der Waals surface area contributed by atoms with Gasteiger partial charge in [0.2, 0.25) is 10.0 Å². The number of carbonyl (C=O) groups excluding carboxylic acids is 1. The Labute approximate surface area is 260 Å². The van der Waals surface area contributed by atoms with Crippen LogP contribution in [0.25, 0.3) is 0 Å². The normalized spacial score (nSPS) is 19.0. The summed E-state index contributed by atoms with van der Waals surface area (Å²) in [6.45, 7) is 7.78. The van der Waals surface area contributed by atoms with Crippen LogP contribution >= 0.6 is 11.6 Å². The Balaban J connectivity index is 1.30. The van der Waals surface area contributed by atoms with E-state index in [0.29, 0.717) is 17.9 Å². The molecule has 0 bridgehead atoms. The summed E-state index contributed by atoms with van der Waals surface area (Å²) < 4.78 is 25.0. The van der Waals surface area contributed by atoms with E-state index in [1.165, 1.54) is 19.7 Å². The molecule has 234 valence electrons. The molecular weight excluding hydrogens is 588 g/mol. The van der Waals surface area contributed by atoms with E-state index in [1.54, 1.807) is 0 Å². The van der Waals surface area contributed by atoms with E-state index < -0.39 is 15.9 Å². The first-order valence-electron chi connectivity index (χ1n) is 14.8. The van der Waals surface area contributed by atoms with Crippen molar-refractivity contribution in [3.05, 3.63) is 46.2 Å². The minimum Gasteiger partial charge on any atom is -0.382 e. The number of piperidine rings is 1. The summed E-state index contributed by atoms with van der Waals surface area (Å²) in [5.41, 5.74) is 8.29. The molecule has 3 heterocycles. The number of hydrogen-bond acceptors (Lipinski definition) is 9. The Hall–Kier alpha value is -2.95. The fourth-order valence-corrected chi connectivity index (χ4v) is 6.91. The highest BCUT2D eigenvalue weighted by Gasteiger charge is 2.34. The van der Waals surface area contributed by atoms with Crippen LogP contribution in [0.5, 0.6) is 0 Å². The lowest BCUT2D eigenvalue weighted by atomic mass is 9.97. The van der Waals surface area contributed by atoms with Crippen molar-refractivity contribution in [2.45, 2.75) is 51.2 Å². The van der Waals surface area contributed by atoms with E-state index in [1.807, 2.05) is 12.1 Å². The molecule has 1 amide bonds. The highest BCUT2D eigenvalue weighted by Crippen LogP contribution is 2.30. The Morgan fingerprint density at radius 1 is 1.16 bits per heavy atom. The lowest BCUT2D eigenvalue weighted by Crippen LogP contribution is -2.58. The van der Waals surface area contributed by atoms with E-state index in [-0.39, 0.29) is 35.4 Å². The predicted molar refractivity (Wildman–Crippen MR) is 172 cm³/mol. The first-order chi connectivity index (χ1) is 20.5. The van der Waals surface area contributed by atoms with Crippen molar-refractivity contribution in [1.29, 1.82) is 0 Å². The number of nitrogens with zero attached hydrogens (tertiary/aromatic N) is 6. The summed E-state index contributed by atoms with van der Waals surface area (Å²) in [6.07, 6.45) is 8.98. The number of hydrogen-bond donors (Lipinski definition) is 2. The number of terminal acetylenes is 1. The number of halogens is 1. The molecule has 2 aliphatic rings. The smallest absolute Gasteiger partial charge is 0.273 e. The number of sulfonamides is 1. The number of piperazine rings is 1. The molecule has 1 aromatic heterocycles. The lowest BCUT2D eigenvalue weighted by Gasteiger charge is -2.47. The summed E-state index contributed by atoms with van der Waals surface area (Å²) in [4.78, 5) is 28.7. The van der Waals surface area contributed by atoms with Gasteiger partial charge in [-0.3, -0.25) is 14.6 Å². The maximum atomic E-state index is 12.7. The van der Waals surface area contributed by atoms with Gasteiger partial charge in [-0.25, -0.2) is 22.7 Å². The topological polar surface area (TPSA) is 128 Å². The molecule has 3 N–H and O–H groups in total. The zero-order valence-electron chi connectivity index (χ0n) is 25.3. The predicted octanol–water partition coefficient (Wildman–Crippen LogP) is 2.27. The highest BCUT2D eigenvalue weighted by atomic mass is 35.5. The number of carbonyl (C=O) groups is 1. The van der Waals surface area contributed by atoms with E-state index in [0.717, 1.165) is 68.4 Å². The molecule has 13 heteroatoms. The number of anilines is 2. The molecule has 2 saturated heterocycles. The third kappa shape index (κ3) is 8.37. The minimum atomic E-state index is -3.34. The third-order valence-electron chi connectivity index (χ3n) is 8.35. The van der Waals surface area contributed by atoms with Gasteiger partial charge in [0.05, 0.1) is 5.75 Å². The van der Waals surface area contributed by atoms with Crippen LogP contribution in [-0.2, 0) is 16.6 Å². The largest absolute Gasteiger partial charge is 0.382 e. The van der Waals surface area contributed by atoms with Crippen molar-refractivity contribution in [3.8, 4) is 12.3 Å². The van der Waals surface area contributed by atoms with Crippen molar-refractivity contribution in [2.75, 3.05) is 69.8 Å². The standard InChI is InChI=1S/C30H43ClN8O3S/c1-5-22-8-10-23(11-9-22)20-37-15-12-25(13-16-37)39-18-17-38(21-24(39)6-2)29-27(31)34-26(28(32)35-29)30(40)33-14-7-19-43(41,42)36(3)4/h1,8-11,24-25H,6-7,12-21H2,2-4H3,(H2,32,35)(H,33,40)/t24-/m0/s1. The Morgan fingerprint density at radius 3 is 2.49 bits per heavy atom. The summed E-state index contributed by atoms with van der Waals surface area (Å²) >= 11 is 6.55. The number of benzene rings is 1. The van der Waals surface area contributed by atoms with Crippen molar-refractivity contribution >= 4 is 39.2 Å². The molecule has 4 rings (SSSR count). The Bertz CT molecular complexity index is 1410. The summed E-state index contributed by atoms with van der Waals surface area (Å²) in [5.74, 6) is 2.54. The third-order valence-corrected chi connectivity index (χ3v) is 10.5. The van der Waals surface area contributed by atoms with Crippen LogP contribution in [-0.4, -0.2) is 110 Å². The fraction of sp³-hybridized carbons (Fsp3) is 0.567. The first kappa shape index (κ1) is 33.0. The Kier molecular flexibility index (Phi) is 11.3. The summed E-state index contributed by atoms with van der Waals surface area (Å²) in [6, 6.07) is 9.11. The van der Waals surface area contributed by atoms with Gasteiger partial charge in [0.1, 0.15) is 0 Å². The van der Waals surface area contributed by atoms with E-state index in [2.05, 4.69) is 55.0 Å². The number of rotatable bonds is 11. The van der Waals surface area contributed by atoms with Crippen LogP contribution in [0.4, 0.5) is 11.6 Å². The van der Waals surface area contributed by atoms with Crippen LogP contribution in [0.3, 0.4) is 0 Å². The molecule has 2 aromatic rings. The van der Waals surface area contributed by atoms with Gasteiger partial charge in [-0.1, -0.05) is 36.6 Å². The zero-order valence-corrected chi connectivity index (χ0v) is 26.9.